The molecule has 4 aromatic rings. The molecule has 1 aliphatic carbocycles. The van der Waals surface area contributed by atoms with Gasteiger partial charge in [-0.15, -0.1) is 0 Å². The second-order valence-electron chi connectivity index (χ2n) is 24.0. The van der Waals surface area contributed by atoms with Crippen molar-refractivity contribution in [2.45, 2.75) is 244 Å². The second kappa shape index (κ2) is 31.4. The normalized spacial score (nSPS) is 18.2. The van der Waals surface area contributed by atoms with Gasteiger partial charge in [0.2, 0.25) is 5.78 Å². The Morgan fingerprint density at radius 1 is 0.538 bits per heavy atom. The van der Waals surface area contributed by atoms with E-state index in [1.807, 2.05) is 56.3 Å². The smallest absolute Gasteiger partial charge is 0.407 e. The number of allylic oxidation sites excluding steroid dienone is 2. The predicted molar refractivity (Wildman–Crippen MR) is 323 cm³/mol. The van der Waals surface area contributed by atoms with Crippen LogP contribution >= 0.6 is 0 Å². The summed E-state index contributed by atoms with van der Waals surface area (Å²) in [5.74, 6) is -0.351. The minimum Gasteiger partial charge on any atom is -0.506 e. The third-order valence-electron chi connectivity index (χ3n) is 16.8. The summed E-state index contributed by atoms with van der Waals surface area (Å²) in [5, 5.41) is 26.8. The topological polar surface area (TPSA) is 138 Å². The van der Waals surface area contributed by atoms with Gasteiger partial charge >= 0.3 is 12.2 Å². The number of aliphatic hydroxyl groups is 1. The lowest BCUT2D eigenvalue weighted by Crippen LogP contribution is -2.46. The lowest BCUT2D eigenvalue weighted by molar-refractivity contribution is -0.109. The van der Waals surface area contributed by atoms with Crippen LogP contribution in [0.15, 0.2) is 71.4 Å². The molecule has 2 atom stereocenters. The molecule has 10 nitrogen and oxygen atoms in total. The maximum atomic E-state index is 14.6. The van der Waals surface area contributed by atoms with Crippen LogP contribution in [0.4, 0.5) is 15.3 Å². The number of Topliss-reactive ketones (excluding diaryl/α,β-unsaturated/α-hetero) is 1. The Balaban J connectivity index is 0.905. The highest BCUT2D eigenvalue weighted by Crippen LogP contribution is 2.46. The van der Waals surface area contributed by atoms with E-state index in [1.54, 1.807) is 0 Å². The van der Waals surface area contributed by atoms with E-state index in [0.717, 1.165) is 64.0 Å². The number of anilines is 1. The molecule has 426 valence electrons. The van der Waals surface area contributed by atoms with E-state index in [9.17, 15) is 19.5 Å². The molecule has 10 heteroatoms. The number of ketones is 1. The SMILES string of the molecule is CCCCCCCCCCCCCCCCCNC(=O)OCC1(C)Cc2cccc3cc/c(=C4/C(=O)C(c5ccc6cccc7c6c5NC(C)(COC(=O)NCCCCCCCCCCCCCCCCC)C7)=C4O)c(c23)=N1. The molecular formula is C68H98N4O6. The number of aliphatic hydroxyl groups excluding tert-OH is 1. The first-order chi connectivity index (χ1) is 38.0. The zero-order chi connectivity index (χ0) is 55.0. The maximum Gasteiger partial charge on any atom is 0.407 e. The molecule has 0 aromatic heterocycles. The van der Waals surface area contributed by atoms with Gasteiger partial charge in [0.1, 0.15) is 19.0 Å². The number of benzene rings is 4. The molecule has 0 spiro atoms. The molecular weight excluding hydrogens is 969 g/mol. The number of carbonyl (C=O) groups is 3. The van der Waals surface area contributed by atoms with E-state index in [0.29, 0.717) is 42.1 Å². The Hall–Kier alpha value is -5.38. The highest BCUT2D eigenvalue weighted by Gasteiger charge is 2.41. The summed E-state index contributed by atoms with van der Waals surface area (Å²) in [7, 11) is 0. The molecule has 78 heavy (non-hydrogen) atoms. The number of ether oxygens (including phenoxy) is 2. The van der Waals surface area contributed by atoms with Crippen molar-refractivity contribution in [3.63, 3.8) is 0 Å². The van der Waals surface area contributed by atoms with Crippen LogP contribution in [0.5, 0.6) is 0 Å². The van der Waals surface area contributed by atoms with Crippen LogP contribution in [0.25, 0.3) is 32.7 Å². The van der Waals surface area contributed by atoms with Crippen LogP contribution in [-0.2, 0) is 27.1 Å². The largest absolute Gasteiger partial charge is 0.506 e. The molecule has 4 aromatic carbocycles. The number of nitrogens with zero attached hydrogens (tertiary/aromatic N) is 1. The molecule has 0 bridgehead atoms. The van der Waals surface area contributed by atoms with Crippen LogP contribution in [0, 0.1) is 0 Å². The molecule has 0 saturated carbocycles. The summed E-state index contributed by atoms with van der Waals surface area (Å²) in [6.45, 7) is 9.91. The fourth-order valence-corrected chi connectivity index (χ4v) is 12.3. The molecule has 0 saturated heterocycles. The van der Waals surface area contributed by atoms with Crippen molar-refractivity contribution in [2.75, 3.05) is 31.6 Å². The van der Waals surface area contributed by atoms with Crippen LogP contribution in [-0.4, -0.2) is 60.5 Å². The molecule has 4 N–H and O–H groups in total. The lowest BCUT2D eigenvalue weighted by Gasteiger charge is -2.38. The average molecular weight is 1070 g/mol. The van der Waals surface area contributed by atoms with Gasteiger partial charge in [-0.2, -0.15) is 0 Å². The number of unbranched alkanes of at least 4 members (excludes halogenated alkanes) is 28. The second-order valence-corrected chi connectivity index (χ2v) is 24.0. The summed E-state index contributed by atoms with van der Waals surface area (Å²) in [4.78, 5) is 45.9. The van der Waals surface area contributed by atoms with Gasteiger partial charge in [-0.1, -0.05) is 254 Å². The van der Waals surface area contributed by atoms with Crippen LogP contribution in [0.2, 0.25) is 0 Å². The van der Waals surface area contributed by atoms with E-state index in [4.69, 9.17) is 14.5 Å². The zero-order valence-corrected chi connectivity index (χ0v) is 48.7. The first kappa shape index (κ1) is 60.3. The number of alkyl carbamates (subject to hydrolysis) is 2. The van der Waals surface area contributed by atoms with Crippen molar-refractivity contribution < 1.29 is 29.0 Å². The summed E-state index contributed by atoms with van der Waals surface area (Å²) >= 11 is 0. The average Bonchev–Trinajstić information content (AvgIpc) is 3.52. The Morgan fingerprint density at radius 2 is 0.974 bits per heavy atom. The number of nitrogens with one attached hydrogen (secondary N) is 3. The summed E-state index contributed by atoms with van der Waals surface area (Å²) in [6.07, 6.45) is 39.1. The monoisotopic (exact) mass is 1070 g/mol. The highest BCUT2D eigenvalue weighted by atomic mass is 16.6. The molecule has 2 amide bonds. The Labute approximate surface area is 468 Å². The molecule has 7 rings (SSSR count). The van der Waals surface area contributed by atoms with Gasteiger partial charge in [0.05, 0.1) is 33.3 Å². The number of hydrogen-bond donors (Lipinski definition) is 4. The first-order valence-corrected chi connectivity index (χ1v) is 31.3. The summed E-state index contributed by atoms with van der Waals surface area (Å²) in [5.41, 5.74) is 2.46. The molecule has 0 fully saturated rings. The third kappa shape index (κ3) is 17.3. The van der Waals surface area contributed by atoms with Crippen molar-refractivity contribution in [2.24, 2.45) is 4.99 Å². The van der Waals surface area contributed by atoms with Gasteiger partial charge in [-0.05, 0) is 55.0 Å². The van der Waals surface area contributed by atoms with Crippen molar-refractivity contribution in [3.8, 4) is 0 Å². The number of hydrogen-bond acceptors (Lipinski definition) is 8. The quantitative estimate of drug-likeness (QED) is 0.0330. The zero-order valence-electron chi connectivity index (χ0n) is 48.7. The fourth-order valence-electron chi connectivity index (χ4n) is 12.3. The summed E-state index contributed by atoms with van der Waals surface area (Å²) in [6, 6.07) is 20.1. The predicted octanol–water partition coefficient (Wildman–Crippen LogP) is 16.6. The van der Waals surface area contributed by atoms with Crippen LogP contribution in [0.1, 0.15) is 237 Å². The molecule has 0 radical (unpaired) electrons. The van der Waals surface area contributed by atoms with E-state index < -0.39 is 23.3 Å². The lowest BCUT2D eigenvalue weighted by atomic mass is 9.77. The Morgan fingerprint density at radius 3 is 1.46 bits per heavy atom. The molecule has 3 aliphatic rings. The third-order valence-corrected chi connectivity index (χ3v) is 16.8. The van der Waals surface area contributed by atoms with E-state index in [1.165, 1.54) is 167 Å². The maximum absolute atomic E-state index is 14.6. The summed E-state index contributed by atoms with van der Waals surface area (Å²) < 4.78 is 11.7. The minimum absolute atomic E-state index is 0.0658. The fraction of sp³-hybridized carbons (Fsp3) is 0.618. The van der Waals surface area contributed by atoms with Gasteiger partial charge < -0.3 is 30.5 Å². The van der Waals surface area contributed by atoms with Gasteiger partial charge in [0.25, 0.3) is 0 Å². The number of carbonyl (C=O) groups excluding carboxylic acids is 3. The van der Waals surface area contributed by atoms with Crippen molar-refractivity contribution in [3.05, 3.63) is 93.7 Å². The Bertz CT molecular complexity index is 2750. The van der Waals surface area contributed by atoms with Gasteiger partial charge in [-0.3, -0.25) is 9.79 Å². The van der Waals surface area contributed by atoms with Crippen LogP contribution in [0.3, 0.4) is 0 Å². The number of amides is 2. The van der Waals surface area contributed by atoms with Crippen molar-refractivity contribution in [1.82, 2.24) is 10.6 Å². The van der Waals surface area contributed by atoms with E-state index in [-0.39, 0.29) is 35.9 Å². The number of rotatable bonds is 37. The minimum atomic E-state index is -0.795. The van der Waals surface area contributed by atoms with Gasteiger partial charge in [0, 0.05) is 41.1 Å². The van der Waals surface area contributed by atoms with Crippen molar-refractivity contribution in [1.29, 1.82) is 0 Å². The van der Waals surface area contributed by atoms with Crippen molar-refractivity contribution >= 4 is 56.3 Å². The molecule has 2 heterocycles. The first-order valence-electron chi connectivity index (χ1n) is 31.3. The van der Waals surface area contributed by atoms with Gasteiger partial charge in [-0.25, -0.2) is 9.59 Å². The van der Waals surface area contributed by atoms with Crippen LogP contribution < -0.4 is 26.5 Å². The molecule has 2 aliphatic heterocycles. The Kier molecular flexibility index (Phi) is 24.3. The van der Waals surface area contributed by atoms with E-state index in [2.05, 4.69) is 48.0 Å². The standard InChI is InChI=1S/C68H98N4O6/c1-5-7-9-11-13-15-17-19-21-23-25-27-29-31-33-45-69-65(75)77-49-67(3)47-53-39-35-37-51-41-43-55(61(71-67)57(51)53)59-63(73)60(64(59)74)56-44-42-52-38-36-40-54-48-68(4,72-62(56)58(52)54)50-78-66(76)70-46-34-32-30-28-26-24-22-20-18-16-14-12-10-8-6-2/h35-44,71,73H,5-34,45-50H2,1-4H3,(H,69,75)(H,70,76)/b60-56-. The highest BCUT2D eigenvalue weighted by molar-refractivity contribution is 6.52. The van der Waals surface area contributed by atoms with E-state index >= 15 is 0 Å². The molecule has 2 unspecified atom stereocenters. The van der Waals surface area contributed by atoms with Gasteiger partial charge in [0.15, 0.2) is 0 Å².